The molecule has 2 nitrogen and oxygen atoms in total. The first kappa shape index (κ1) is 9.99. The third kappa shape index (κ3) is 1.79. The predicted molar refractivity (Wildman–Crippen MR) is 60.3 cm³/mol. The van der Waals surface area contributed by atoms with E-state index >= 15 is 0 Å². The fourth-order valence-electron chi connectivity index (χ4n) is 1.71. The summed E-state index contributed by atoms with van der Waals surface area (Å²) in [6.45, 7) is 0. The molecule has 1 fully saturated rings. The van der Waals surface area contributed by atoms with Gasteiger partial charge in [0.25, 0.3) is 0 Å². The number of rotatable bonds is 3. The summed E-state index contributed by atoms with van der Waals surface area (Å²) in [5.41, 5.74) is 7.26. The molecule has 2 N–H and O–H groups in total. The van der Waals surface area contributed by atoms with Crippen LogP contribution in [0.15, 0.2) is 22.7 Å². The first-order chi connectivity index (χ1) is 6.74. The fourth-order valence-corrected chi connectivity index (χ4v) is 2.26. The van der Waals surface area contributed by atoms with Crippen molar-refractivity contribution < 1.29 is 4.74 Å². The minimum Gasteiger partial charge on any atom is -0.495 e. The first-order valence-corrected chi connectivity index (χ1v) is 5.61. The lowest BCUT2D eigenvalue weighted by molar-refractivity contribution is 0.400. The number of halogens is 1. The van der Waals surface area contributed by atoms with Crippen LogP contribution in [0, 0.1) is 5.92 Å². The molecule has 0 saturated heterocycles. The molecule has 0 aromatic heterocycles. The molecule has 1 aromatic carbocycles. The molecule has 0 bridgehead atoms. The molecular formula is C11H14BrNO. The summed E-state index contributed by atoms with van der Waals surface area (Å²) in [6, 6.07) is 6.15. The summed E-state index contributed by atoms with van der Waals surface area (Å²) >= 11 is 3.46. The monoisotopic (exact) mass is 255 g/mol. The van der Waals surface area contributed by atoms with Crippen molar-refractivity contribution in [2.24, 2.45) is 11.7 Å². The van der Waals surface area contributed by atoms with Gasteiger partial charge in [0.2, 0.25) is 0 Å². The van der Waals surface area contributed by atoms with Crippen molar-refractivity contribution in [1.82, 2.24) is 0 Å². The number of hydrogen-bond acceptors (Lipinski definition) is 2. The second-order valence-electron chi connectivity index (χ2n) is 3.73. The van der Waals surface area contributed by atoms with Gasteiger partial charge < -0.3 is 10.5 Å². The maximum atomic E-state index is 6.14. The van der Waals surface area contributed by atoms with E-state index in [9.17, 15) is 0 Å². The lowest BCUT2D eigenvalue weighted by Gasteiger charge is -2.15. The van der Waals surface area contributed by atoms with Crippen LogP contribution < -0.4 is 10.5 Å². The summed E-state index contributed by atoms with van der Waals surface area (Å²) in [6.07, 6.45) is 2.49. The molecule has 0 aliphatic heterocycles. The van der Waals surface area contributed by atoms with E-state index in [4.69, 9.17) is 10.5 Å². The zero-order chi connectivity index (χ0) is 10.1. The molecule has 0 radical (unpaired) electrons. The van der Waals surface area contributed by atoms with Crippen LogP contribution in [0.4, 0.5) is 0 Å². The molecule has 1 aliphatic rings. The smallest absolute Gasteiger partial charge is 0.137 e. The summed E-state index contributed by atoms with van der Waals surface area (Å²) in [4.78, 5) is 0. The van der Waals surface area contributed by atoms with Gasteiger partial charge in [0.05, 0.1) is 11.6 Å². The Morgan fingerprint density at radius 1 is 1.50 bits per heavy atom. The standard InChI is InChI=1S/C11H14BrNO/c1-14-11-8(3-2-4-9(11)12)10(13)7-5-6-7/h2-4,7,10H,5-6,13H2,1H3/t10-/m1/s1. The van der Waals surface area contributed by atoms with Crippen LogP contribution in [0.1, 0.15) is 24.4 Å². The molecule has 0 heterocycles. The average molecular weight is 256 g/mol. The van der Waals surface area contributed by atoms with Gasteiger partial charge >= 0.3 is 0 Å². The highest BCUT2D eigenvalue weighted by Gasteiger charge is 2.31. The highest BCUT2D eigenvalue weighted by Crippen LogP contribution is 2.43. The van der Waals surface area contributed by atoms with Crippen LogP contribution in [0.25, 0.3) is 0 Å². The number of para-hydroxylation sites is 1. The summed E-state index contributed by atoms with van der Waals surface area (Å²) in [5, 5.41) is 0. The Kier molecular flexibility index (Phi) is 2.79. The van der Waals surface area contributed by atoms with Crippen molar-refractivity contribution in [2.75, 3.05) is 7.11 Å². The summed E-state index contributed by atoms with van der Waals surface area (Å²) in [7, 11) is 1.68. The van der Waals surface area contributed by atoms with E-state index in [1.807, 2.05) is 18.2 Å². The van der Waals surface area contributed by atoms with Gasteiger partial charge in [-0.1, -0.05) is 12.1 Å². The Morgan fingerprint density at radius 3 is 2.79 bits per heavy atom. The van der Waals surface area contributed by atoms with Crippen LogP contribution in [0.2, 0.25) is 0 Å². The third-order valence-corrected chi connectivity index (χ3v) is 3.32. The number of ether oxygens (including phenoxy) is 1. The molecule has 1 aliphatic carbocycles. The molecule has 0 amide bonds. The number of benzene rings is 1. The molecular weight excluding hydrogens is 242 g/mol. The van der Waals surface area contributed by atoms with Crippen LogP contribution in [-0.4, -0.2) is 7.11 Å². The van der Waals surface area contributed by atoms with Crippen molar-refractivity contribution in [1.29, 1.82) is 0 Å². The molecule has 3 heteroatoms. The van der Waals surface area contributed by atoms with Crippen LogP contribution >= 0.6 is 15.9 Å². The Morgan fingerprint density at radius 2 is 2.21 bits per heavy atom. The van der Waals surface area contributed by atoms with E-state index in [1.54, 1.807) is 7.11 Å². The number of methoxy groups -OCH3 is 1. The van der Waals surface area contributed by atoms with Gasteiger partial charge in [0.1, 0.15) is 5.75 Å². The SMILES string of the molecule is COc1c(Br)cccc1[C@H](N)C1CC1. The minimum absolute atomic E-state index is 0.127. The second-order valence-corrected chi connectivity index (χ2v) is 4.58. The highest BCUT2D eigenvalue weighted by molar-refractivity contribution is 9.10. The number of nitrogens with two attached hydrogens (primary N) is 1. The van der Waals surface area contributed by atoms with E-state index < -0.39 is 0 Å². The van der Waals surface area contributed by atoms with E-state index in [0.29, 0.717) is 5.92 Å². The normalized spacial score (nSPS) is 17.9. The zero-order valence-corrected chi connectivity index (χ0v) is 9.75. The Bertz CT molecular complexity index is 336. The second kappa shape index (κ2) is 3.91. The first-order valence-electron chi connectivity index (χ1n) is 4.82. The predicted octanol–water partition coefficient (Wildman–Crippen LogP) is 2.87. The molecule has 2 rings (SSSR count). The molecule has 1 saturated carbocycles. The van der Waals surface area contributed by atoms with Gasteiger partial charge in [-0.2, -0.15) is 0 Å². The largest absolute Gasteiger partial charge is 0.495 e. The average Bonchev–Trinajstić information content (AvgIpc) is 2.99. The van der Waals surface area contributed by atoms with Gasteiger partial charge in [-0.3, -0.25) is 0 Å². The minimum atomic E-state index is 0.127. The molecule has 0 unspecified atom stereocenters. The summed E-state index contributed by atoms with van der Waals surface area (Å²) in [5.74, 6) is 1.53. The van der Waals surface area contributed by atoms with E-state index in [1.165, 1.54) is 12.8 Å². The quantitative estimate of drug-likeness (QED) is 0.902. The van der Waals surface area contributed by atoms with E-state index in [0.717, 1.165) is 15.8 Å². The molecule has 14 heavy (non-hydrogen) atoms. The maximum Gasteiger partial charge on any atom is 0.137 e. The molecule has 1 aromatic rings. The van der Waals surface area contributed by atoms with Crippen LogP contribution in [0.5, 0.6) is 5.75 Å². The molecule has 1 atom stereocenters. The number of hydrogen-bond donors (Lipinski definition) is 1. The van der Waals surface area contributed by atoms with Gasteiger partial charge in [-0.15, -0.1) is 0 Å². The van der Waals surface area contributed by atoms with Gasteiger partial charge in [-0.25, -0.2) is 0 Å². The van der Waals surface area contributed by atoms with Gasteiger partial charge in [0, 0.05) is 11.6 Å². The zero-order valence-electron chi connectivity index (χ0n) is 8.16. The maximum absolute atomic E-state index is 6.14. The van der Waals surface area contributed by atoms with Crippen molar-refractivity contribution in [3.05, 3.63) is 28.2 Å². The molecule has 0 spiro atoms. The van der Waals surface area contributed by atoms with Crippen molar-refractivity contribution in [3.8, 4) is 5.75 Å². The van der Waals surface area contributed by atoms with E-state index in [-0.39, 0.29) is 6.04 Å². The summed E-state index contributed by atoms with van der Waals surface area (Å²) < 4.78 is 6.33. The highest BCUT2D eigenvalue weighted by atomic mass is 79.9. The van der Waals surface area contributed by atoms with Crippen LogP contribution in [0.3, 0.4) is 0 Å². The topological polar surface area (TPSA) is 35.2 Å². The Labute approximate surface area is 92.6 Å². The Hall–Kier alpha value is -0.540. The fraction of sp³-hybridized carbons (Fsp3) is 0.455. The lowest BCUT2D eigenvalue weighted by Crippen LogP contribution is -2.13. The van der Waals surface area contributed by atoms with Gasteiger partial charge in [-0.05, 0) is 40.8 Å². The van der Waals surface area contributed by atoms with E-state index in [2.05, 4.69) is 15.9 Å². The molecule has 76 valence electrons. The lowest BCUT2D eigenvalue weighted by atomic mass is 10.0. The van der Waals surface area contributed by atoms with Crippen LogP contribution in [-0.2, 0) is 0 Å². The van der Waals surface area contributed by atoms with Crippen molar-refractivity contribution >= 4 is 15.9 Å². The van der Waals surface area contributed by atoms with Crippen molar-refractivity contribution in [2.45, 2.75) is 18.9 Å². The third-order valence-electron chi connectivity index (χ3n) is 2.69. The Balaban J connectivity index is 2.35. The van der Waals surface area contributed by atoms with Gasteiger partial charge in [0.15, 0.2) is 0 Å². The van der Waals surface area contributed by atoms with Crippen molar-refractivity contribution in [3.63, 3.8) is 0 Å².